The van der Waals surface area contributed by atoms with Crippen LogP contribution < -0.4 is 5.32 Å². The van der Waals surface area contributed by atoms with Crippen molar-refractivity contribution in [2.75, 3.05) is 5.32 Å². The van der Waals surface area contributed by atoms with Crippen molar-refractivity contribution < 1.29 is 14.3 Å². The Hall–Kier alpha value is -1.26. The number of rotatable bonds is 4. The fourth-order valence-electron chi connectivity index (χ4n) is 2.42. The third-order valence-corrected chi connectivity index (χ3v) is 4.10. The van der Waals surface area contributed by atoms with Gasteiger partial charge in [0.2, 0.25) is 5.91 Å². The number of cyclic esters (lactones) is 1. The first kappa shape index (κ1) is 16.1. The quantitative estimate of drug-likeness (QED) is 0.852. The van der Waals surface area contributed by atoms with E-state index in [2.05, 4.69) is 5.32 Å². The average molecular weight is 330 g/mol. The SMILES string of the molecule is C[C@@H]1C[C@@H](C[C@H](C)C(=O)Nc2cc(Cl)ccc2Cl)C(=O)O1. The van der Waals surface area contributed by atoms with Crippen LogP contribution in [0.2, 0.25) is 10.0 Å². The number of amides is 1. The van der Waals surface area contributed by atoms with Crippen LogP contribution in [0.4, 0.5) is 5.69 Å². The van der Waals surface area contributed by atoms with Crippen LogP contribution >= 0.6 is 23.2 Å². The van der Waals surface area contributed by atoms with Gasteiger partial charge in [-0.25, -0.2) is 0 Å². The molecule has 4 nitrogen and oxygen atoms in total. The number of anilines is 1. The second kappa shape index (κ2) is 6.67. The summed E-state index contributed by atoms with van der Waals surface area (Å²) in [5.74, 6) is -0.937. The van der Waals surface area contributed by atoms with Crippen molar-refractivity contribution in [1.82, 2.24) is 0 Å². The summed E-state index contributed by atoms with van der Waals surface area (Å²) in [6.07, 6.45) is 1.06. The predicted molar refractivity (Wildman–Crippen MR) is 82.5 cm³/mol. The van der Waals surface area contributed by atoms with E-state index < -0.39 is 0 Å². The topological polar surface area (TPSA) is 55.4 Å². The number of nitrogens with one attached hydrogen (secondary N) is 1. The molecule has 3 atom stereocenters. The standard InChI is InChI=1S/C15H17Cl2NO3/c1-8(5-10-6-9(2)21-15(10)20)14(19)18-13-7-11(16)3-4-12(13)17/h3-4,7-10H,5-6H2,1-2H3,(H,18,19)/t8-,9+,10+/m0/s1. The lowest BCUT2D eigenvalue weighted by Crippen LogP contribution is -2.24. The van der Waals surface area contributed by atoms with E-state index in [0.717, 1.165) is 0 Å². The number of hydrogen-bond donors (Lipinski definition) is 1. The third kappa shape index (κ3) is 4.11. The molecule has 0 radical (unpaired) electrons. The minimum atomic E-state index is -0.317. The van der Waals surface area contributed by atoms with Gasteiger partial charge in [0.1, 0.15) is 0 Å². The lowest BCUT2D eigenvalue weighted by Gasteiger charge is -2.15. The van der Waals surface area contributed by atoms with E-state index in [9.17, 15) is 9.59 Å². The molecule has 1 amide bonds. The Morgan fingerprint density at radius 3 is 2.81 bits per heavy atom. The molecule has 0 saturated carbocycles. The van der Waals surface area contributed by atoms with Crippen molar-refractivity contribution in [2.24, 2.45) is 11.8 Å². The lowest BCUT2D eigenvalue weighted by molar-refractivity contribution is -0.144. The van der Waals surface area contributed by atoms with Crippen molar-refractivity contribution in [3.05, 3.63) is 28.2 Å². The summed E-state index contributed by atoms with van der Waals surface area (Å²) < 4.78 is 5.10. The Balaban J connectivity index is 1.96. The lowest BCUT2D eigenvalue weighted by atomic mass is 9.93. The van der Waals surface area contributed by atoms with Gasteiger partial charge in [0, 0.05) is 10.9 Å². The zero-order valence-corrected chi connectivity index (χ0v) is 13.4. The molecule has 0 aromatic heterocycles. The molecule has 0 unspecified atom stereocenters. The fraction of sp³-hybridized carbons (Fsp3) is 0.467. The average Bonchev–Trinajstić information content (AvgIpc) is 2.72. The third-order valence-electron chi connectivity index (χ3n) is 3.54. The first-order chi connectivity index (χ1) is 9.86. The fourth-order valence-corrected chi connectivity index (χ4v) is 2.75. The van der Waals surface area contributed by atoms with Crippen molar-refractivity contribution in [2.45, 2.75) is 32.8 Å². The molecule has 1 aliphatic rings. The van der Waals surface area contributed by atoms with Gasteiger partial charge < -0.3 is 10.1 Å². The first-order valence-electron chi connectivity index (χ1n) is 6.83. The molecular weight excluding hydrogens is 313 g/mol. The normalized spacial score (nSPS) is 22.8. The highest BCUT2D eigenvalue weighted by Gasteiger charge is 2.34. The molecule has 0 bridgehead atoms. The van der Waals surface area contributed by atoms with Gasteiger partial charge in [-0.05, 0) is 38.0 Å². The second-order valence-corrected chi connectivity index (χ2v) is 6.27. The van der Waals surface area contributed by atoms with Gasteiger partial charge >= 0.3 is 5.97 Å². The molecule has 21 heavy (non-hydrogen) atoms. The van der Waals surface area contributed by atoms with Gasteiger partial charge in [0.25, 0.3) is 0 Å². The Morgan fingerprint density at radius 2 is 2.19 bits per heavy atom. The van der Waals surface area contributed by atoms with Crippen LogP contribution in [0, 0.1) is 11.8 Å². The molecular formula is C15H17Cl2NO3. The van der Waals surface area contributed by atoms with Crippen molar-refractivity contribution in [1.29, 1.82) is 0 Å². The highest BCUT2D eigenvalue weighted by molar-refractivity contribution is 6.35. The summed E-state index contributed by atoms with van der Waals surface area (Å²) >= 11 is 11.9. The van der Waals surface area contributed by atoms with Gasteiger partial charge in [-0.3, -0.25) is 9.59 Å². The molecule has 1 aliphatic heterocycles. The van der Waals surface area contributed by atoms with Crippen LogP contribution in [-0.4, -0.2) is 18.0 Å². The van der Waals surface area contributed by atoms with Crippen molar-refractivity contribution >= 4 is 40.8 Å². The number of ether oxygens (including phenoxy) is 1. The monoisotopic (exact) mass is 329 g/mol. The predicted octanol–water partition coefficient (Wildman–Crippen LogP) is 3.91. The number of esters is 1. The zero-order valence-electron chi connectivity index (χ0n) is 11.9. The van der Waals surface area contributed by atoms with E-state index in [1.807, 2.05) is 6.92 Å². The maximum absolute atomic E-state index is 12.2. The maximum atomic E-state index is 12.2. The molecule has 1 aromatic rings. The Labute approximate surface area is 133 Å². The molecule has 1 saturated heterocycles. The van der Waals surface area contributed by atoms with Crippen molar-refractivity contribution in [3.8, 4) is 0 Å². The van der Waals surface area contributed by atoms with Gasteiger partial charge in [-0.2, -0.15) is 0 Å². The summed E-state index contributed by atoms with van der Waals surface area (Å²) in [6, 6.07) is 4.87. The van der Waals surface area contributed by atoms with Crippen molar-refractivity contribution in [3.63, 3.8) is 0 Å². The van der Waals surface area contributed by atoms with Gasteiger partial charge in [0.15, 0.2) is 0 Å². The van der Waals surface area contributed by atoms with Crippen LogP contribution in [0.5, 0.6) is 0 Å². The first-order valence-corrected chi connectivity index (χ1v) is 7.59. The number of halogens is 2. The van der Waals surface area contributed by atoms with E-state index in [1.54, 1.807) is 25.1 Å². The van der Waals surface area contributed by atoms with Crippen LogP contribution in [0.3, 0.4) is 0 Å². The van der Waals surface area contributed by atoms with Crippen LogP contribution in [-0.2, 0) is 14.3 Å². The number of benzene rings is 1. The molecule has 1 heterocycles. The van der Waals surface area contributed by atoms with E-state index in [4.69, 9.17) is 27.9 Å². The summed E-state index contributed by atoms with van der Waals surface area (Å²) in [4.78, 5) is 23.8. The minimum absolute atomic E-state index is 0.0693. The van der Waals surface area contributed by atoms with E-state index in [1.165, 1.54) is 0 Å². The molecule has 0 aliphatic carbocycles. The van der Waals surface area contributed by atoms with E-state index in [-0.39, 0.29) is 29.8 Å². The number of hydrogen-bond acceptors (Lipinski definition) is 3. The van der Waals surface area contributed by atoms with Gasteiger partial charge in [-0.1, -0.05) is 30.1 Å². The van der Waals surface area contributed by atoms with Crippen LogP contribution in [0.15, 0.2) is 18.2 Å². The molecule has 1 fully saturated rings. The molecule has 1 N–H and O–H groups in total. The van der Waals surface area contributed by atoms with Gasteiger partial charge in [0.05, 0.1) is 22.7 Å². The molecule has 2 rings (SSSR count). The van der Waals surface area contributed by atoms with E-state index in [0.29, 0.717) is 28.6 Å². The Bertz CT molecular complexity index is 562. The number of carbonyl (C=O) groups is 2. The van der Waals surface area contributed by atoms with Crippen LogP contribution in [0.25, 0.3) is 0 Å². The highest BCUT2D eigenvalue weighted by Crippen LogP contribution is 2.29. The second-order valence-electron chi connectivity index (χ2n) is 5.43. The summed E-state index contributed by atoms with van der Waals surface area (Å²) in [6.45, 7) is 3.64. The maximum Gasteiger partial charge on any atom is 0.309 e. The Morgan fingerprint density at radius 1 is 1.48 bits per heavy atom. The number of carbonyl (C=O) groups excluding carboxylic acids is 2. The zero-order chi connectivity index (χ0) is 15.6. The largest absolute Gasteiger partial charge is 0.462 e. The molecule has 6 heteroatoms. The molecule has 1 aromatic carbocycles. The molecule has 0 spiro atoms. The summed E-state index contributed by atoms with van der Waals surface area (Å²) in [5.41, 5.74) is 0.475. The molecule has 114 valence electrons. The van der Waals surface area contributed by atoms with Crippen LogP contribution in [0.1, 0.15) is 26.7 Å². The smallest absolute Gasteiger partial charge is 0.309 e. The summed E-state index contributed by atoms with van der Waals surface area (Å²) in [5, 5.41) is 3.66. The Kier molecular flexibility index (Phi) is 5.12. The van der Waals surface area contributed by atoms with Gasteiger partial charge in [-0.15, -0.1) is 0 Å². The summed E-state index contributed by atoms with van der Waals surface area (Å²) in [7, 11) is 0. The minimum Gasteiger partial charge on any atom is -0.462 e. The highest BCUT2D eigenvalue weighted by atomic mass is 35.5. The van der Waals surface area contributed by atoms with E-state index >= 15 is 0 Å².